The number of benzene rings is 4. The summed E-state index contributed by atoms with van der Waals surface area (Å²) in [5.74, 6) is 1.75. The number of aryl methyl sites for hydroxylation is 1. The maximum absolute atomic E-state index is 12.2. The highest BCUT2D eigenvalue weighted by Crippen LogP contribution is 2.34. The Balaban J connectivity index is 0.000000244. The summed E-state index contributed by atoms with van der Waals surface area (Å²) in [5, 5.41) is 0. The molecule has 0 aliphatic carbocycles. The van der Waals surface area contributed by atoms with Crippen LogP contribution in [0.1, 0.15) is 11.1 Å². The minimum atomic E-state index is -5.09. The Morgan fingerprint density at radius 2 is 1.08 bits per heavy atom. The Labute approximate surface area is 223 Å². The quantitative estimate of drug-likeness (QED) is 0.193. The van der Waals surface area contributed by atoms with Crippen molar-refractivity contribution in [1.82, 2.24) is 0 Å². The smallest absolute Gasteiger partial charge is 0.417 e. The molecule has 0 aromatic heterocycles. The van der Waals surface area contributed by atoms with Gasteiger partial charge in [-0.15, -0.1) is 0 Å². The van der Waals surface area contributed by atoms with Gasteiger partial charge in [-0.3, -0.25) is 0 Å². The van der Waals surface area contributed by atoms with Gasteiger partial charge in [-0.25, -0.2) is 8.42 Å². The minimum absolute atomic E-state index is 0.155. The number of alkyl halides is 3. The summed E-state index contributed by atoms with van der Waals surface area (Å²) in [7, 11) is -1.86. The monoisotopic (exact) mass is 562 g/mol. The van der Waals surface area contributed by atoms with Crippen molar-refractivity contribution in [2.75, 3.05) is 14.2 Å². The third-order valence-electron chi connectivity index (χ3n) is 5.31. The molecule has 0 aliphatic heterocycles. The summed E-state index contributed by atoms with van der Waals surface area (Å²) in [6.45, 7) is 2.11. The van der Waals surface area contributed by atoms with Gasteiger partial charge < -0.3 is 14.0 Å². The summed E-state index contributed by atoms with van der Waals surface area (Å²) in [5.41, 5.74) is -0.165. The summed E-state index contributed by atoms with van der Waals surface area (Å²) in [6.07, 6.45) is -4.84. The second-order valence-corrected chi connectivity index (χ2v) is 11.3. The largest absolute Gasteiger partial charge is 0.744 e. The number of hydrogen-bond donors (Lipinski definition) is 0. The highest BCUT2D eigenvalue weighted by Gasteiger charge is 2.34. The topological polar surface area (TPSA) is 75.7 Å². The Morgan fingerprint density at radius 1 is 0.684 bits per heavy atom. The summed E-state index contributed by atoms with van der Waals surface area (Å²) in [6, 6.07) is 28.7. The average Bonchev–Trinajstić information content (AvgIpc) is 2.90. The van der Waals surface area contributed by atoms with E-state index in [-0.39, 0.29) is 10.9 Å². The Hall–Kier alpha value is -3.47. The van der Waals surface area contributed by atoms with E-state index in [4.69, 9.17) is 9.47 Å². The van der Waals surface area contributed by atoms with Crippen LogP contribution in [0.3, 0.4) is 0 Å². The van der Waals surface area contributed by atoms with Crippen LogP contribution < -0.4 is 9.47 Å². The van der Waals surface area contributed by atoms with Crippen molar-refractivity contribution in [3.05, 3.63) is 108 Å². The number of halogens is 3. The SMILES string of the molecule is COc1ccc([S+](c2ccc(C)cc2)c2ccc(OC)cc2)cc1.O=S(=O)([O-])c1ccccc1C(F)(F)F. The predicted octanol–water partition coefficient (Wildman–Crippen LogP) is 6.72. The standard InChI is InChI=1S/C21H21O2S.C7H5F3O3S/c1-16-4-10-19(11-5-16)24(20-12-6-17(22-2)7-13-20)21-14-8-18(23-3)9-15-21;8-7(9,10)5-3-1-2-4-6(5)14(11,12)13/h4-15H,1-3H3;1-4H,(H,11,12,13)/q+1;/p-1. The molecular weight excluding hydrogens is 537 g/mol. The van der Waals surface area contributed by atoms with Crippen LogP contribution in [0.2, 0.25) is 0 Å². The number of rotatable bonds is 6. The second-order valence-electron chi connectivity index (χ2n) is 7.92. The molecular formula is C28H25F3O5S2. The average molecular weight is 563 g/mol. The lowest BCUT2D eigenvalue weighted by Gasteiger charge is -2.14. The molecule has 0 fully saturated rings. The third-order valence-corrected chi connectivity index (χ3v) is 8.43. The first kappa shape index (κ1) is 29.1. The van der Waals surface area contributed by atoms with E-state index in [0.717, 1.165) is 23.6 Å². The van der Waals surface area contributed by atoms with E-state index in [2.05, 4.69) is 55.5 Å². The molecule has 0 saturated heterocycles. The van der Waals surface area contributed by atoms with Gasteiger partial charge in [0.2, 0.25) is 0 Å². The normalized spacial score (nSPS) is 11.5. The first-order chi connectivity index (χ1) is 17.9. The minimum Gasteiger partial charge on any atom is -0.744 e. The van der Waals surface area contributed by atoms with E-state index in [1.165, 1.54) is 20.2 Å². The van der Waals surface area contributed by atoms with Crippen molar-refractivity contribution in [2.45, 2.75) is 32.7 Å². The fourth-order valence-electron chi connectivity index (χ4n) is 3.43. The molecule has 0 aliphatic rings. The van der Waals surface area contributed by atoms with Crippen molar-refractivity contribution in [3.63, 3.8) is 0 Å². The first-order valence-electron chi connectivity index (χ1n) is 11.1. The first-order valence-corrected chi connectivity index (χ1v) is 13.8. The molecule has 0 heterocycles. The number of hydrogen-bond acceptors (Lipinski definition) is 5. The maximum Gasteiger partial charge on any atom is 0.417 e. The van der Waals surface area contributed by atoms with Gasteiger partial charge in [0.25, 0.3) is 0 Å². The zero-order valence-electron chi connectivity index (χ0n) is 20.7. The molecule has 0 unspecified atom stereocenters. The zero-order chi connectivity index (χ0) is 27.9. The van der Waals surface area contributed by atoms with Crippen LogP contribution in [0.15, 0.2) is 117 Å². The van der Waals surface area contributed by atoms with E-state index in [1.807, 2.05) is 24.3 Å². The predicted molar refractivity (Wildman–Crippen MR) is 139 cm³/mol. The molecule has 0 saturated carbocycles. The maximum atomic E-state index is 12.2. The summed E-state index contributed by atoms with van der Waals surface area (Å²) < 4.78 is 78.4. The van der Waals surface area contributed by atoms with Crippen molar-refractivity contribution >= 4 is 21.0 Å². The fourth-order valence-corrected chi connectivity index (χ4v) is 6.16. The van der Waals surface area contributed by atoms with Crippen LogP contribution in [-0.4, -0.2) is 27.2 Å². The van der Waals surface area contributed by atoms with Gasteiger partial charge in [0.05, 0.1) is 35.6 Å². The highest BCUT2D eigenvalue weighted by molar-refractivity contribution is 7.97. The van der Waals surface area contributed by atoms with Crippen LogP contribution in [0.5, 0.6) is 11.5 Å². The zero-order valence-corrected chi connectivity index (χ0v) is 22.4. The van der Waals surface area contributed by atoms with Gasteiger partial charge in [0.1, 0.15) is 21.6 Å². The summed E-state index contributed by atoms with van der Waals surface area (Å²) >= 11 is 0. The van der Waals surface area contributed by atoms with Gasteiger partial charge in [-0.05, 0) is 79.7 Å². The van der Waals surface area contributed by atoms with Crippen molar-refractivity contribution in [3.8, 4) is 11.5 Å². The van der Waals surface area contributed by atoms with E-state index >= 15 is 0 Å². The van der Waals surface area contributed by atoms with Crippen LogP contribution >= 0.6 is 0 Å². The Bertz CT molecular complexity index is 1390. The van der Waals surface area contributed by atoms with Crippen molar-refractivity contribution in [2.24, 2.45) is 0 Å². The van der Waals surface area contributed by atoms with Gasteiger partial charge in [0, 0.05) is 0 Å². The molecule has 38 heavy (non-hydrogen) atoms. The highest BCUT2D eigenvalue weighted by atomic mass is 32.2. The van der Waals surface area contributed by atoms with Gasteiger partial charge in [-0.2, -0.15) is 13.2 Å². The second kappa shape index (κ2) is 12.4. The lowest BCUT2D eigenvalue weighted by atomic mass is 10.2. The number of ether oxygens (including phenoxy) is 2. The van der Waals surface area contributed by atoms with Crippen molar-refractivity contribution < 1.29 is 35.6 Å². The molecule has 5 nitrogen and oxygen atoms in total. The van der Waals surface area contributed by atoms with Gasteiger partial charge in [0.15, 0.2) is 14.7 Å². The molecule has 4 aromatic rings. The molecule has 4 rings (SSSR count). The van der Waals surface area contributed by atoms with Crippen LogP contribution in [0, 0.1) is 6.92 Å². The Kier molecular flexibility index (Phi) is 9.48. The summed E-state index contributed by atoms with van der Waals surface area (Å²) in [4.78, 5) is 2.60. The molecule has 10 heteroatoms. The molecule has 0 bridgehead atoms. The van der Waals surface area contributed by atoms with E-state index < -0.39 is 26.8 Å². The fraction of sp³-hybridized carbons (Fsp3) is 0.143. The number of methoxy groups -OCH3 is 2. The molecule has 4 aromatic carbocycles. The van der Waals surface area contributed by atoms with Crippen LogP contribution in [-0.2, 0) is 27.2 Å². The van der Waals surface area contributed by atoms with Crippen LogP contribution in [0.25, 0.3) is 0 Å². The molecule has 0 atom stereocenters. The molecule has 0 N–H and O–H groups in total. The van der Waals surface area contributed by atoms with Gasteiger partial charge in [-0.1, -0.05) is 29.8 Å². The van der Waals surface area contributed by atoms with Crippen molar-refractivity contribution in [1.29, 1.82) is 0 Å². The van der Waals surface area contributed by atoms with E-state index in [0.29, 0.717) is 12.1 Å². The lowest BCUT2D eigenvalue weighted by Crippen LogP contribution is -2.12. The van der Waals surface area contributed by atoms with E-state index in [9.17, 15) is 26.1 Å². The van der Waals surface area contributed by atoms with E-state index in [1.54, 1.807) is 14.2 Å². The Morgan fingerprint density at radius 3 is 1.42 bits per heavy atom. The molecule has 0 spiro atoms. The third kappa shape index (κ3) is 7.53. The van der Waals surface area contributed by atoms with Gasteiger partial charge >= 0.3 is 6.18 Å². The lowest BCUT2D eigenvalue weighted by molar-refractivity contribution is -0.140. The molecule has 0 radical (unpaired) electrons. The van der Waals surface area contributed by atoms with Crippen LogP contribution in [0.4, 0.5) is 13.2 Å². The molecule has 0 amide bonds. The molecule has 200 valence electrons.